The van der Waals surface area contributed by atoms with E-state index in [1.807, 2.05) is 20.8 Å². The number of hydrogen-bond donors (Lipinski definition) is 0. The third-order valence-corrected chi connectivity index (χ3v) is 2.03. The lowest BCUT2D eigenvalue weighted by atomic mass is 10.1. The molecule has 1 saturated carbocycles. The molecule has 0 amide bonds. The third kappa shape index (κ3) is 1.92. The Labute approximate surface area is 67.8 Å². The molecule has 0 nitrogen and oxygen atoms in total. The van der Waals surface area contributed by atoms with E-state index in [2.05, 4.69) is 0 Å². The quantitative estimate of drug-likeness (QED) is 0.568. The van der Waals surface area contributed by atoms with Crippen molar-refractivity contribution in [1.82, 2.24) is 0 Å². The Balaban J connectivity index is 2.87. The monoisotopic (exact) mass is 154 g/mol. The Morgan fingerprint density at radius 1 is 1.36 bits per heavy atom. The summed E-state index contributed by atoms with van der Waals surface area (Å²) < 4.78 is 13.3. The van der Waals surface area contributed by atoms with Gasteiger partial charge in [-0.1, -0.05) is 12.5 Å². The number of rotatable bonds is 2. The van der Waals surface area contributed by atoms with Gasteiger partial charge in [0, 0.05) is 0 Å². The Morgan fingerprint density at radius 3 is 2.18 bits per heavy atom. The van der Waals surface area contributed by atoms with Crippen molar-refractivity contribution in [2.75, 3.05) is 0 Å². The molecule has 0 unspecified atom stereocenters. The Kier molecular flexibility index (Phi) is 2.48. The van der Waals surface area contributed by atoms with Crippen LogP contribution in [0, 0.1) is 0 Å². The smallest absolute Gasteiger partial charge is 0.125 e. The molecule has 0 N–H and O–H groups in total. The second-order valence-corrected chi connectivity index (χ2v) is 3.25. The highest BCUT2D eigenvalue weighted by molar-refractivity contribution is 5.37. The predicted octanol–water partition coefficient (Wildman–Crippen LogP) is 3.75. The first-order valence-corrected chi connectivity index (χ1v) is 4.21. The molecule has 1 rings (SSSR count). The minimum absolute atomic E-state index is 0.0764. The van der Waals surface area contributed by atoms with Gasteiger partial charge in [-0.2, -0.15) is 0 Å². The molecule has 1 aliphatic carbocycles. The Morgan fingerprint density at radius 2 is 1.91 bits per heavy atom. The van der Waals surface area contributed by atoms with Crippen LogP contribution in [0.2, 0.25) is 0 Å². The number of halogens is 1. The molecule has 1 heteroatoms. The summed E-state index contributed by atoms with van der Waals surface area (Å²) in [5, 5.41) is 0. The van der Waals surface area contributed by atoms with Crippen LogP contribution in [-0.2, 0) is 0 Å². The highest BCUT2D eigenvalue weighted by Gasteiger charge is 2.20. The minimum Gasteiger partial charge on any atom is -0.207 e. The molecule has 1 aliphatic rings. The SMILES string of the molecule is CCC(=C(C)C)C(F)=C1CC1. The average molecular weight is 154 g/mol. The van der Waals surface area contributed by atoms with Crippen molar-refractivity contribution in [3.8, 4) is 0 Å². The van der Waals surface area contributed by atoms with Gasteiger partial charge >= 0.3 is 0 Å². The largest absolute Gasteiger partial charge is 0.207 e. The molecule has 0 spiro atoms. The van der Waals surface area contributed by atoms with Crippen molar-refractivity contribution in [3.05, 3.63) is 22.5 Å². The van der Waals surface area contributed by atoms with Gasteiger partial charge in [0.15, 0.2) is 0 Å². The van der Waals surface area contributed by atoms with E-state index in [0.717, 1.165) is 36.0 Å². The Bertz CT molecular complexity index is 211. The molecule has 0 radical (unpaired) electrons. The van der Waals surface area contributed by atoms with Gasteiger partial charge in [-0.3, -0.25) is 0 Å². The normalized spacial score (nSPS) is 14.7. The Hall–Kier alpha value is -0.590. The van der Waals surface area contributed by atoms with Gasteiger partial charge < -0.3 is 0 Å². The van der Waals surface area contributed by atoms with E-state index < -0.39 is 0 Å². The third-order valence-electron chi connectivity index (χ3n) is 2.03. The van der Waals surface area contributed by atoms with Crippen molar-refractivity contribution >= 4 is 0 Å². The maximum Gasteiger partial charge on any atom is 0.125 e. The highest BCUT2D eigenvalue weighted by atomic mass is 19.1. The van der Waals surface area contributed by atoms with Crippen molar-refractivity contribution in [2.24, 2.45) is 0 Å². The molecule has 0 bridgehead atoms. The second-order valence-electron chi connectivity index (χ2n) is 3.25. The van der Waals surface area contributed by atoms with Crippen LogP contribution in [0.25, 0.3) is 0 Å². The maximum absolute atomic E-state index is 13.3. The lowest BCUT2D eigenvalue weighted by Gasteiger charge is -2.03. The fourth-order valence-electron chi connectivity index (χ4n) is 1.22. The maximum atomic E-state index is 13.3. The van der Waals surface area contributed by atoms with Gasteiger partial charge in [-0.05, 0) is 44.3 Å². The molecule has 0 aromatic rings. The second kappa shape index (κ2) is 3.21. The summed E-state index contributed by atoms with van der Waals surface area (Å²) in [6.45, 7) is 5.95. The van der Waals surface area contributed by atoms with Crippen LogP contribution in [0.3, 0.4) is 0 Å². The summed E-state index contributed by atoms with van der Waals surface area (Å²) in [5.41, 5.74) is 3.05. The van der Waals surface area contributed by atoms with Crippen molar-refractivity contribution in [3.63, 3.8) is 0 Å². The van der Waals surface area contributed by atoms with E-state index in [4.69, 9.17) is 0 Å². The first kappa shape index (κ1) is 8.51. The van der Waals surface area contributed by atoms with E-state index in [1.165, 1.54) is 0 Å². The molecule has 1 fully saturated rings. The molecule has 0 aromatic carbocycles. The van der Waals surface area contributed by atoms with Crippen LogP contribution >= 0.6 is 0 Å². The zero-order valence-electron chi connectivity index (χ0n) is 7.50. The molecule has 0 saturated heterocycles. The van der Waals surface area contributed by atoms with E-state index in [0.29, 0.717) is 0 Å². The van der Waals surface area contributed by atoms with Gasteiger partial charge in [0.2, 0.25) is 0 Å². The minimum atomic E-state index is 0.0764. The molecular formula is C10H15F. The van der Waals surface area contributed by atoms with Gasteiger partial charge in [0.25, 0.3) is 0 Å². The summed E-state index contributed by atoms with van der Waals surface area (Å²) in [7, 11) is 0. The lowest BCUT2D eigenvalue weighted by molar-refractivity contribution is 0.635. The van der Waals surface area contributed by atoms with Crippen LogP contribution in [-0.4, -0.2) is 0 Å². The number of hydrogen-bond acceptors (Lipinski definition) is 0. The molecule has 0 aliphatic heterocycles. The highest BCUT2D eigenvalue weighted by Crippen LogP contribution is 2.37. The zero-order chi connectivity index (χ0) is 8.43. The average Bonchev–Trinajstić information content (AvgIpc) is 2.68. The first-order chi connectivity index (χ1) is 5.16. The fourth-order valence-corrected chi connectivity index (χ4v) is 1.22. The van der Waals surface area contributed by atoms with Gasteiger partial charge in [-0.15, -0.1) is 0 Å². The van der Waals surface area contributed by atoms with E-state index in [9.17, 15) is 4.39 Å². The number of allylic oxidation sites excluding steroid dienone is 4. The van der Waals surface area contributed by atoms with Crippen LogP contribution in [0.15, 0.2) is 22.5 Å². The topological polar surface area (TPSA) is 0 Å². The lowest BCUT2D eigenvalue weighted by Crippen LogP contribution is -1.85. The molecule has 0 aromatic heterocycles. The molecule has 0 atom stereocenters. The van der Waals surface area contributed by atoms with Gasteiger partial charge in [0.1, 0.15) is 5.83 Å². The van der Waals surface area contributed by atoms with Crippen molar-refractivity contribution in [1.29, 1.82) is 0 Å². The van der Waals surface area contributed by atoms with E-state index in [1.54, 1.807) is 0 Å². The van der Waals surface area contributed by atoms with Crippen molar-refractivity contribution in [2.45, 2.75) is 40.0 Å². The van der Waals surface area contributed by atoms with Gasteiger partial charge in [-0.25, -0.2) is 4.39 Å². The summed E-state index contributed by atoms with van der Waals surface area (Å²) in [6, 6.07) is 0. The molecule has 11 heavy (non-hydrogen) atoms. The zero-order valence-corrected chi connectivity index (χ0v) is 7.50. The molecule has 62 valence electrons. The summed E-state index contributed by atoms with van der Waals surface area (Å²) in [4.78, 5) is 0. The van der Waals surface area contributed by atoms with E-state index >= 15 is 0 Å². The standard InChI is InChI=1S/C10H15F/c1-4-9(7(2)3)10(11)8-5-6-8/h4-6H2,1-3H3. The predicted molar refractivity (Wildman–Crippen MR) is 46.0 cm³/mol. The first-order valence-electron chi connectivity index (χ1n) is 4.21. The molecular weight excluding hydrogens is 139 g/mol. The van der Waals surface area contributed by atoms with Crippen LogP contribution < -0.4 is 0 Å². The summed E-state index contributed by atoms with van der Waals surface area (Å²) in [6.07, 6.45) is 2.77. The van der Waals surface area contributed by atoms with E-state index in [-0.39, 0.29) is 5.83 Å². The fraction of sp³-hybridized carbons (Fsp3) is 0.600. The van der Waals surface area contributed by atoms with Crippen LogP contribution in [0.5, 0.6) is 0 Å². The summed E-state index contributed by atoms with van der Waals surface area (Å²) in [5.74, 6) is 0.0764. The van der Waals surface area contributed by atoms with Crippen LogP contribution in [0.4, 0.5) is 4.39 Å². The van der Waals surface area contributed by atoms with Crippen molar-refractivity contribution < 1.29 is 4.39 Å². The molecule has 0 heterocycles. The van der Waals surface area contributed by atoms with Crippen LogP contribution in [0.1, 0.15) is 40.0 Å². The van der Waals surface area contributed by atoms with Gasteiger partial charge in [0.05, 0.1) is 0 Å². The summed E-state index contributed by atoms with van der Waals surface area (Å²) >= 11 is 0.